The van der Waals surface area contributed by atoms with Gasteiger partial charge in [-0.3, -0.25) is 9.59 Å². The summed E-state index contributed by atoms with van der Waals surface area (Å²) in [5, 5.41) is 6.72. The number of aryl methyl sites for hydroxylation is 1. The molecule has 9 heteroatoms. The first-order valence-corrected chi connectivity index (χ1v) is 10.8. The number of benzene rings is 1. The molecule has 0 spiro atoms. The molecule has 29 heavy (non-hydrogen) atoms. The third-order valence-corrected chi connectivity index (χ3v) is 6.29. The van der Waals surface area contributed by atoms with Crippen LogP contribution in [-0.2, 0) is 27.2 Å². The van der Waals surface area contributed by atoms with Gasteiger partial charge in [-0.1, -0.05) is 34.1 Å². The zero-order valence-electron chi connectivity index (χ0n) is 15.8. The van der Waals surface area contributed by atoms with Crippen molar-refractivity contribution in [2.45, 2.75) is 32.6 Å². The van der Waals surface area contributed by atoms with E-state index in [4.69, 9.17) is 4.74 Å². The van der Waals surface area contributed by atoms with Crippen molar-refractivity contribution in [3.05, 3.63) is 50.3 Å². The number of ether oxygens (including phenoxy) is 1. The second-order valence-corrected chi connectivity index (χ2v) is 8.27. The Labute approximate surface area is 180 Å². The van der Waals surface area contributed by atoms with Gasteiger partial charge in [0.15, 0.2) is 0 Å². The van der Waals surface area contributed by atoms with Gasteiger partial charge in [0.1, 0.15) is 5.00 Å². The lowest BCUT2D eigenvalue weighted by atomic mass is 9.95. The summed E-state index contributed by atoms with van der Waals surface area (Å²) in [4.78, 5) is 37.9. The van der Waals surface area contributed by atoms with E-state index in [-0.39, 0.29) is 6.61 Å². The fraction of sp³-hybridized carbons (Fsp3) is 0.300. The predicted molar refractivity (Wildman–Crippen MR) is 115 cm³/mol. The van der Waals surface area contributed by atoms with Gasteiger partial charge in [0.2, 0.25) is 0 Å². The summed E-state index contributed by atoms with van der Waals surface area (Å²) in [5.74, 6) is -2.29. The zero-order chi connectivity index (χ0) is 20.8. The van der Waals surface area contributed by atoms with Gasteiger partial charge in [-0.25, -0.2) is 10.2 Å². The molecule has 0 aliphatic heterocycles. The van der Waals surface area contributed by atoms with Gasteiger partial charge >= 0.3 is 17.8 Å². The van der Waals surface area contributed by atoms with Crippen molar-refractivity contribution >= 4 is 56.3 Å². The van der Waals surface area contributed by atoms with Crippen molar-refractivity contribution in [3.63, 3.8) is 0 Å². The average molecular weight is 478 g/mol. The van der Waals surface area contributed by atoms with E-state index in [1.807, 2.05) is 24.3 Å². The summed E-state index contributed by atoms with van der Waals surface area (Å²) in [5.41, 5.74) is 4.24. The molecule has 0 unspecified atom stereocenters. The first kappa shape index (κ1) is 21.2. The van der Waals surface area contributed by atoms with E-state index in [1.54, 1.807) is 6.92 Å². The van der Waals surface area contributed by atoms with Gasteiger partial charge in [-0.2, -0.15) is 5.10 Å². The molecule has 2 N–H and O–H groups in total. The number of anilines is 1. The molecular weight excluding hydrogens is 458 g/mol. The predicted octanol–water partition coefficient (Wildman–Crippen LogP) is 3.65. The van der Waals surface area contributed by atoms with Crippen LogP contribution in [0.3, 0.4) is 0 Å². The Hall–Kier alpha value is -2.52. The molecule has 0 bridgehead atoms. The van der Waals surface area contributed by atoms with E-state index in [9.17, 15) is 14.4 Å². The highest BCUT2D eigenvalue weighted by atomic mass is 79.9. The van der Waals surface area contributed by atoms with Crippen LogP contribution in [0.25, 0.3) is 0 Å². The van der Waals surface area contributed by atoms with Crippen LogP contribution in [0.15, 0.2) is 33.8 Å². The van der Waals surface area contributed by atoms with E-state index in [1.165, 1.54) is 17.6 Å². The maximum atomic E-state index is 12.4. The molecule has 2 amide bonds. The average Bonchev–Trinajstić information content (AvgIpc) is 3.07. The van der Waals surface area contributed by atoms with E-state index in [2.05, 4.69) is 31.8 Å². The molecule has 0 radical (unpaired) electrons. The molecule has 2 aromatic rings. The Balaban J connectivity index is 1.71. The summed E-state index contributed by atoms with van der Waals surface area (Å²) < 4.78 is 5.96. The number of nitrogens with one attached hydrogen (secondary N) is 2. The molecule has 0 fully saturated rings. The van der Waals surface area contributed by atoms with Crippen molar-refractivity contribution in [2.24, 2.45) is 5.10 Å². The molecule has 1 aromatic carbocycles. The number of hydrazone groups is 1. The van der Waals surface area contributed by atoms with Crippen LogP contribution in [0, 0.1) is 0 Å². The van der Waals surface area contributed by atoms with Gasteiger partial charge in [0, 0.05) is 14.9 Å². The maximum Gasteiger partial charge on any atom is 0.341 e. The fourth-order valence-electron chi connectivity index (χ4n) is 3.02. The van der Waals surface area contributed by atoms with Gasteiger partial charge in [-0.05, 0) is 44.2 Å². The summed E-state index contributed by atoms with van der Waals surface area (Å²) in [6.07, 6.45) is 5.06. The highest BCUT2D eigenvalue weighted by Gasteiger charge is 2.28. The summed E-state index contributed by atoms with van der Waals surface area (Å²) in [6.45, 7) is 1.96. The van der Waals surface area contributed by atoms with Crippen molar-refractivity contribution < 1.29 is 19.1 Å². The quantitative estimate of drug-likeness (QED) is 0.297. The van der Waals surface area contributed by atoms with Crippen molar-refractivity contribution in [3.8, 4) is 0 Å². The van der Waals surface area contributed by atoms with Crippen LogP contribution in [0.1, 0.15) is 46.1 Å². The van der Waals surface area contributed by atoms with Crippen LogP contribution >= 0.6 is 27.3 Å². The highest BCUT2D eigenvalue weighted by Crippen LogP contribution is 2.38. The van der Waals surface area contributed by atoms with Gasteiger partial charge in [0.25, 0.3) is 0 Å². The molecule has 1 aliphatic carbocycles. The highest BCUT2D eigenvalue weighted by molar-refractivity contribution is 9.10. The lowest BCUT2D eigenvalue weighted by molar-refractivity contribution is -0.136. The number of carbonyl (C=O) groups excluding carboxylic acids is 3. The number of esters is 1. The summed E-state index contributed by atoms with van der Waals surface area (Å²) in [7, 11) is 0. The van der Waals surface area contributed by atoms with Crippen LogP contribution in [0.5, 0.6) is 0 Å². The minimum Gasteiger partial charge on any atom is -0.462 e. The first-order valence-electron chi connectivity index (χ1n) is 9.21. The number of rotatable bonds is 5. The number of nitrogens with zero attached hydrogens (tertiary/aromatic N) is 1. The largest absolute Gasteiger partial charge is 0.462 e. The Morgan fingerprint density at radius 1 is 1.21 bits per heavy atom. The molecule has 0 saturated heterocycles. The second-order valence-electron chi connectivity index (χ2n) is 6.31. The Kier molecular flexibility index (Phi) is 7.16. The van der Waals surface area contributed by atoms with Crippen molar-refractivity contribution in [2.75, 3.05) is 11.9 Å². The number of amides is 2. The first-order chi connectivity index (χ1) is 14.0. The Morgan fingerprint density at radius 2 is 1.97 bits per heavy atom. The van der Waals surface area contributed by atoms with Gasteiger partial charge < -0.3 is 10.1 Å². The lowest BCUT2D eigenvalue weighted by Gasteiger charge is -2.12. The Bertz CT molecular complexity index is 971. The third kappa shape index (κ3) is 5.10. The fourth-order valence-corrected chi connectivity index (χ4v) is 4.68. The molecule has 1 heterocycles. The van der Waals surface area contributed by atoms with Crippen LogP contribution in [0.4, 0.5) is 5.00 Å². The van der Waals surface area contributed by atoms with E-state index in [0.717, 1.165) is 46.2 Å². The topological polar surface area (TPSA) is 96.9 Å². The summed E-state index contributed by atoms with van der Waals surface area (Å²) in [6, 6.07) is 7.33. The Morgan fingerprint density at radius 3 is 2.72 bits per heavy atom. The van der Waals surface area contributed by atoms with Crippen LogP contribution in [-0.4, -0.2) is 30.6 Å². The minimum atomic E-state index is -0.922. The number of halogens is 1. The lowest BCUT2D eigenvalue weighted by Crippen LogP contribution is -2.32. The smallest absolute Gasteiger partial charge is 0.341 e. The van der Waals surface area contributed by atoms with E-state index < -0.39 is 17.8 Å². The van der Waals surface area contributed by atoms with E-state index in [0.29, 0.717) is 10.6 Å². The molecule has 3 rings (SSSR count). The maximum absolute atomic E-state index is 12.4. The molecule has 0 atom stereocenters. The zero-order valence-corrected chi connectivity index (χ0v) is 18.2. The number of thiophene rings is 1. The van der Waals surface area contributed by atoms with Gasteiger partial charge in [-0.15, -0.1) is 11.3 Å². The van der Waals surface area contributed by atoms with Crippen molar-refractivity contribution in [1.29, 1.82) is 0 Å². The molecule has 152 valence electrons. The van der Waals surface area contributed by atoms with Crippen LogP contribution in [0.2, 0.25) is 0 Å². The molecule has 0 saturated carbocycles. The minimum absolute atomic E-state index is 0.237. The number of hydrogen-bond donors (Lipinski definition) is 2. The number of hydrogen-bond acceptors (Lipinski definition) is 6. The van der Waals surface area contributed by atoms with Gasteiger partial charge in [0.05, 0.1) is 18.4 Å². The second kappa shape index (κ2) is 9.80. The standard InChI is InChI=1S/C20H20BrN3O4S/c1-2-28-20(27)16-13-8-4-6-10-15(13)29-19(16)23-17(25)18(26)24-22-11-12-7-3-5-9-14(12)21/h3,5,7,9,11H,2,4,6,8,10H2,1H3,(H,23,25)(H,24,26)/b22-11+. The molecule has 7 nitrogen and oxygen atoms in total. The number of fused-ring (bicyclic) bond motifs is 1. The van der Waals surface area contributed by atoms with Crippen LogP contribution < -0.4 is 10.7 Å². The summed E-state index contributed by atoms with van der Waals surface area (Å²) >= 11 is 4.70. The SMILES string of the molecule is CCOC(=O)c1c(NC(=O)C(=O)N/N=C/c2ccccc2Br)sc2c1CCCC2. The third-order valence-electron chi connectivity index (χ3n) is 4.36. The normalized spacial score (nSPS) is 13.0. The molecule has 1 aromatic heterocycles. The molecular formula is C20H20BrN3O4S. The van der Waals surface area contributed by atoms with E-state index >= 15 is 0 Å². The number of carbonyl (C=O) groups is 3. The molecule has 1 aliphatic rings. The van der Waals surface area contributed by atoms with Crippen molar-refractivity contribution in [1.82, 2.24) is 5.43 Å². The monoisotopic (exact) mass is 477 g/mol.